The first-order valence-corrected chi connectivity index (χ1v) is 11.0. The summed E-state index contributed by atoms with van der Waals surface area (Å²) in [5.41, 5.74) is 2.00. The zero-order valence-electron chi connectivity index (χ0n) is 16.4. The number of halogens is 1. The first-order valence-electron chi connectivity index (χ1n) is 9.41. The summed E-state index contributed by atoms with van der Waals surface area (Å²) in [4.78, 5) is 25.2. The fourth-order valence-electron chi connectivity index (χ4n) is 3.06. The molecule has 32 heavy (non-hydrogen) atoms. The molecule has 4 rings (SSSR count). The van der Waals surface area contributed by atoms with Crippen LogP contribution >= 0.6 is 35.6 Å². The zero-order chi connectivity index (χ0) is 22.7. The fourth-order valence-corrected chi connectivity index (χ4v) is 4.54. The van der Waals surface area contributed by atoms with Crippen molar-refractivity contribution in [1.82, 2.24) is 0 Å². The molecule has 0 aromatic heterocycles. The number of thioether (sulfide) groups is 1. The van der Waals surface area contributed by atoms with Crippen molar-refractivity contribution in [2.24, 2.45) is 0 Å². The van der Waals surface area contributed by atoms with Crippen LogP contribution in [0.3, 0.4) is 0 Å². The van der Waals surface area contributed by atoms with E-state index < -0.39 is 4.92 Å². The van der Waals surface area contributed by atoms with Crippen LogP contribution in [0.1, 0.15) is 11.1 Å². The lowest BCUT2D eigenvalue weighted by Crippen LogP contribution is -2.27. The SMILES string of the molecule is O=C1/C(=C/c2ccccc2OCc2ccccc2Cl)SC(=S)N1c1ccc([N+](=O)[O-])cc1. The molecule has 0 radical (unpaired) electrons. The normalized spacial score (nSPS) is 14.8. The number of rotatable bonds is 6. The van der Waals surface area contributed by atoms with Crippen molar-refractivity contribution in [3.05, 3.63) is 104 Å². The minimum Gasteiger partial charge on any atom is -0.488 e. The first kappa shape index (κ1) is 22.0. The van der Waals surface area contributed by atoms with Gasteiger partial charge in [-0.1, -0.05) is 72.0 Å². The topological polar surface area (TPSA) is 72.7 Å². The molecule has 0 unspecified atom stereocenters. The maximum absolute atomic E-state index is 13.0. The standard InChI is InChI=1S/C23H15ClN2O4S2/c24-19-7-3-1-6-16(19)14-30-20-8-4-2-5-15(20)13-21-22(27)25(23(31)32-21)17-9-11-18(12-10-17)26(28)29/h1-13H,14H2/b21-13-. The molecule has 6 nitrogen and oxygen atoms in total. The molecule has 0 aliphatic carbocycles. The van der Waals surface area contributed by atoms with Crippen molar-refractivity contribution in [2.75, 3.05) is 4.90 Å². The van der Waals surface area contributed by atoms with Gasteiger partial charge in [-0.2, -0.15) is 0 Å². The Kier molecular flexibility index (Phi) is 6.55. The van der Waals surface area contributed by atoms with E-state index in [9.17, 15) is 14.9 Å². The molecule has 3 aromatic carbocycles. The van der Waals surface area contributed by atoms with Crippen LogP contribution in [0.2, 0.25) is 5.02 Å². The van der Waals surface area contributed by atoms with E-state index in [4.69, 9.17) is 28.6 Å². The van der Waals surface area contributed by atoms with Crippen LogP contribution in [0.5, 0.6) is 5.75 Å². The van der Waals surface area contributed by atoms with Crippen LogP contribution in [0, 0.1) is 10.1 Å². The summed E-state index contributed by atoms with van der Waals surface area (Å²) in [7, 11) is 0. The number of anilines is 1. The van der Waals surface area contributed by atoms with Crippen LogP contribution in [0.4, 0.5) is 11.4 Å². The molecule has 0 atom stereocenters. The molecule has 1 fully saturated rings. The molecular formula is C23H15ClN2O4S2. The fraction of sp³-hybridized carbons (Fsp3) is 0.0435. The van der Waals surface area contributed by atoms with E-state index in [0.29, 0.717) is 25.7 Å². The highest BCUT2D eigenvalue weighted by molar-refractivity contribution is 8.27. The number of nitro benzene ring substituents is 1. The maximum Gasteiger partial charge on any atom is 0.270 e. The smallest absolute Gasteiger partial charge is 0.270 e. The van der Waals surface area contributed by atoms with E-state index >= 15 is 0 Å². The van der Waals surface area contributed by atoms with Crippen molar-refractivity contribution in [1.29, 1.82) is 0 Å². The molecular weight excluding hydrogens is 468 g/mol. The number of carbonyl (C=O) groups is 1. The van der Waals surface area contributed by atoms with Crippen LogP contribution in [-0.2, 0) is 11.4 Å². The summed E-state index contributed by atoms with van der Waals surface area (Å²) in [6.45, 7) is 0.286. The summed E-state index contributed by atoms with van der Waals surface area (Å²) in [5, 5.41) is 11.5. The minimum atomic E-state index is -0.493. The quantitative estimate of drug-likeness (QED) is 0.179. The number of ether oxygens (including phenoxy) is 1. The predicted molar refractivity (Wildman–Crippen MR) is 131 cm³/mol. The lowest BCUT2D eigenvalue weighted by atomic mass is 10.1. The first-order chi connectivity index (χ1) is 15.4. The van der Waals surface area contributed by atoms with Gasteiger partial charge in [0.05, 0.1) is 15.5 Å². The van der Waals surface area contributed by atoms with Crippen molar-refractivity contribution >= 4 is 63.3 Å². The third-order valence-electron chi connectivity index (χ3n) is 4.66. The van der Waals surface area contributed by atoms with E-state index in [2.05, 4.69) is 0 Å². The molecule has 1 saturated heterocycles. The molecule has 0 spiro atoms. The second-order valence-electron chi connectivity index (χ2n) is 6.71. The van der Waals surface area contributed by atoms with Gasteiger partial charge in [-0.15, -0.1) is 0 Å². The number of nitro groups is 1. The Morgan fingerprint density at radius 1 is 1.06 bits per heavy atom. The Labute approximate surface area is 198 Å². The highest BCUT2D eigenvalue weighted by atomic mass is 35.5. The largest absolute Gasteiger partial charge is 0.488 e. The van der Waals surface area contributed by atoms with Crippen molar-refractivity contribution in [3.63, 3.8) is 0 Å². The van der Waals surface area contributed by atoms with E-state index in [1.165, 1.54) is 40.9 Å². The van der Waals surface area contributed by atoms with E-state index in [0.717, 1.165) is 11.1 Å². The molecule has 1 aliphatic rings. The second-order valence-corrected chi connectivity index (χ2v) is 8.79. The van der Waals surface area contributed by atoms with Crippen molar-refractivity contribution in [2.45, 2.75) is 6.61 Å². The monoisotopic (exact) mass is 482 g/mol. The number of nitrogens with zero attached hydrogens (tertiary/aromatic N) is 2. The summed E-state index contributed by atoms with van der Waals surface area (Å²) < 4.78 is 6.32. The van der Waals surface area contributed by atoms with Gasteiger partial charge in [0.2, 0.25) is 0 Å². The Bertz CT molecular complexity index is 1240. The lowest BCUT2D eigenvalue weighted by Gasteiger charge is -2.14. The number of thiocarbonyl (C=S) groups is 1. The molecule has 160 valence electrons. The Hall–Kier alpha value is -3.20. The van der Waals surface area contributed by atoms with E-state index in [1.54, 1.807) is 12.1 Å². The van der Waals surface area contributed by atoms with Crippen molar-refractivity contribution in [3.8, 4) is 5.75 Å². The third-order valence-corrected chi connectivity index (χ3v) is 6.33. The Morgan fingerprint density at radius 3 is 2.47 bits per heavy atom. The Morgan fingerprint density at radius 2 is 1.75 bits per heavy atom. The summed E-state index contributed by atoms with van der Waals surface area (Å²) in [6.07, 6.45) is 1.73. The van der Waals surface area contributed by atoms with Gasteiger partial charge < -0.3 is 4.74 Å². The number of amides is 1. The highest BCUT2D eigenvalue weighted by Gasteiger charge is 2.33. The molecule has 9 heteroatoms. The second kappa shape index (κ2) is 9.52. The number of carbonyl (C=O) groups excluding carboxylic acids is 1. The van der Waals surface area contributed by atoms with E-state index in [-0.39, 0.29) is 18.2 Å². The average molecular weight is 483 g/mol. The van der Waals surface area contributed by atoms with Gasteiger partial charge in [-0.3, -0.25) is 19.8 Å². The van der Waals surface area contributed by atoms with Gasteiger partial charge in [0.15, 0.2) is 4.32 Å². The van der Waals surface area contributed by atoms with Gasteiger partial charge >= 0.3 is 0 Å². The minimum absolute atomic E-state index is 0.0562. The van der Waals surface area contributed by atoms with Crippen LogP contribution in [0.25, 0.3) is 6.08 Å². The summed E-state index contributed by atoms with van der Waals surface area (Å²) in [5.74, 6) is 0.308. The predicted octanol–water partition coefficient (Wildman–Crippen LogP) is 6.23. The molecule has 1 amide bonds. The number of hydrogen-bond acceptors (Lipinski definition) is 6. The number of benzene rings is 3. The average Bonchev–Trinajstić information content (AvgIpc) is 3.07. The van der Waals surface area contributed by atoms with Gasteiger partial charge in [0.1, 0.15) is 12.4 Å². The van der Waals surface area contributed by atoms with Gasteiger partial charge in [0.25, 0.3) is 11.6 Å². The van der Waals surface area contributed by atoms with Gasteiger partial charge in [-0.05, 0) is 30.3 Å². The Balaban J connectivity index is 1.57. The van der Waals surface area contributed by atoms with Crippen molar-refractivity contribution < 1.29 is 14.5 Å². The molecule has 0 saturated carbocycles. The zero-order valence-corrected chi connectivity index (χ0v) is 18.8. The molecule has 0 N–H and O–H groups in total. The molecule has 1 aliphatic heterocycles. The van der Waals surface area contributed by atoms with Crippen LogP contribution in [-0.4, -0.2) is 15.2 Å². The summed E-state index contributed by atoms with van der Waals surface area (Å²) >= 11 is 12.8. The van der Waals surface area contributed by atoms with Crippen LogP contribution < -0.4 is 9.64 Å². The summed E-state index contributed by atoms with van der Waals surface area (Å²) in [6, 6.07) is 20.5. The molecule has 3 aromatic rings. The van der Waals surface area contributed by atoms with Crippen LogP contribution in [0.15, 0.2) is 77.7 Å². The lowest BCUT2D eigenvalue weighted by molar-refractivity contribution is -0.384. The van der Waals surface area contributed by atoms with Gasteiger partial charge in [0, 0.05) is 28.3 Å². The van der Waals surface area contributed by atoms with Gasteiger partial charge in [-0.25, -0.2) is 0 Å². The number of para-hydroxylation sites is 1. The number of hydrogen-bond donors (Lipinski definition) is 0. The molecule has 1 heterocycles. The number of non-ortho nitro benzene ring substituents is 1. The van der Waals surface area contributed by atoms with E-state index in [1.807, 2.05) is 42.5 Å². The third kappa shape index (κ3) is 4.67. The maximum atomic E-state index is 13.0. The highest BCUT2D eigenvalue weighted by Crippen LogP contribution is 2.37. The molecule has 0 bridgehead atoms.